The highest BCUT2D eigenvalue weighted by Gasteiger charge is 2.33. The first kappa shape index (κ1) is 20.4. The van der Waals surface area contributed by atoms with Crippen LogP contribution in [0.25, 0.3) is 0 Å². The van der Waals surface area contributed by atoms with Crippen molar-refractivity contribution >= 4 is 28.9 Å². The summed E-state index contributed by atoms with van der Waals surface area (Å²) in [6.45, 7) is 2.21. The Morgan fingerprint density at radius 1 is 1.07 bits per heavy atom. The molecule has 1 fully saturated rings. The number of carbonyl (C=O) groups excluding carboxylic acids is 1. The summed E-state index contributed by atoms with van der Waals surface area (Å²) in [5.74, 6) is -0.716. The zero-order valence-electron chi connectivity index (χ0n) is 14.8. The van der Waals surface area contributed by atoms with Crippen molar-refractivity contribution < 1.29 is 22.4 Å². The van der Waals surface area contributed by atoms with Gasteiger partial charge >= 0.3 is 6.18 Å². The molecule has 0 unspecified atom stereocenters. The molecule has 0 atom stereocenters. The molecule has 1 saturated heterocycles. The first-order valence-corrected chi connectivity index (χ1v) is 9.00. The molecular formula is C19H18ClF4N3O. The van der Waals surface area contributed by atoms with Gasteiger partial charge in [-0.2, -0.15) is 13.2 Å². The molecule has 2 aromatic carbocycles. The Morgan fingerprint density at radius 2 is 1.75 bits per heavy atom. The molecule has 0 radical (unpaired) electrons. The third-order valence-corrected chi connectivity index (χ3v) is 4.82. The lowest BCUT2D eigenvalue weighted by molar-refractivity contribution is -0.137. The summed E-state index contributed by atoms with van der Waals surface area (Å²) < 4.78 is 52.6. The van der Waals surface area contributed by atoms with Gasteiger partial charge in [0.2, 0.25) is 5.91 Å². The SMILES string of the molecule is O=C(CN1CCN(c2ccccc2F)CC1)Nc1ccc(Cl)c(C(F)(F)F)c1. The number of piperazine rings is 1. The van der Waals surface area contributed by atoms with Crippen molar-refractivity contribution in [3.63, 3.8) is 0 Å². The van der Waals surface area contributed by atoms with Crippen LogP contribution in [0.1, 0.15) is 5.56 Å². The van der Waals surface area contributed by atoms with Crippen molar-refractivity contribution in [3.8, 4) is 0 Å². The van der Waals surface area contributed by atoms with Gasteiger partial charge in [-0.05, 0) is 30.3 Å². The van der Waals surface area contributed by atoms with E-state index in [1.165, 1.54) is 12.1 Å². The van der Waals surface area contributed by atoms with E-state index in [-0.39, 0.29) is 18.0 Å². The van der Waals surface area contributed by atoms with Gasteiger partial charge in [0, 0.05) is 31.9 Å². The summed E-state index contributed by atoms with van der Waals surface area (Å²) in [6, 6.07) is 9.74. The fourth-order valence-corrected chi connectivity index (χ4v) is 3.30. The van der Waals surface area contributed by atoms with Crippen LogP contribution in [0.4, 0.5) is 28.9 Å². The summed E-state index contributed by atoms with van der Waals surface area (Å²) in [5.41, 5.74) is -0.440. The lowest BCUT2D eigenvalue weighted by Crippen LogP contribution is -2.48. The second kappa shape index (κ2) is 8.36. The van der Waals surface area contributed by atoms with E-state index in [2.05, 4.69) is 5.32 Å². The molecular weight excluding hydrogens is 398 g/mol. The molecule has 1 aliphatic rings. The first-order chi connectivity index (χ1) is 13.2. The van der Waals surface area contributed by atoms with Crippen LogP contribution in [0.3, 0.4) is 0 Å². The maximum absolute atomic E-state index is 13.9. The highest BCUT2D eigenvalue weighted by atomic mass is 35.5. The van der Waals surface area contributed by atoms with Crippen molar-refractivity contribution in [2.75, 3.05) is 42.9 Å². The topological polar surface area (TPSA) is 35.6 Å². The molecule has 9 heteroatoms. The summed E-state index contributed by atoms with van der Waals surface area (Å²) in [7, 11) is 0. The van der Waals surface area contributed by atoms with E-state index in [1.807, 2.05) is 9.80 Å². The van der Waals surface area contributed by atoms with Gasteiger partial charge in [0.15, 0.2) is 0 Å². The summed E-state index contributed by atoms with van der Waals surface area (Å²) in [6.07, 6.45) is -4.60. The zero-order chi connectivity index (χ0) is 20.3. The van der Waals surface area contributed by atoms with Gasteiger partial charge in [-0.25, -0.2) is 4.39 Å². The largest absolute Gasteiger partial charge is 0.417 e. The third kappa shape index (κ3) is 4.94. The summed E-state index contributed by atoms with van der Waals surface area (Å²) >= 11 is 5.58. The Kier molecular flexibility index (Phi) is 6.10. The van der Waals surface area contributed by atoms with Gasteiger partial charge in [0.25, 0.3) is 0 Å². The molecule has 150 valence electrons. The van der Waals surface area contributed by atoms with Gasteiger partial charge in [-0.3, -0.25) is 9.69 Å². The quantitative estimate of drug-likeness (QED) is 0.758. The Balaban J connectivity index is 1.55. The number of para-hydroxylation sites is 1. The summed E-state index contributed by atoms with van der Waals surface area (Å²) in [4.78, 5) is 16.0. The van der Waals surface area contributed by atoms with Crippen LogP contribution in [0, 0.1) is 5.82 Å². The van der Waals surface area contributed by atoms with Crippen molar-refractivity contribution in [1.29, 1.82) is 0 Å². The Morgan fingerprint density at radius 3 is 2.39 bits per heavy atom. The van der Waals surface area contributed by atoms with E-state index in [0.29, 0.717) is 31.9 Å². The number of rotatable bonds is 4. The zero-order valence-corrected chi connectivity index (χ0v) is 15.5. The number of anilines is 2. The fourth-order valence-electron chi connectivity index (χ4n) is 3.08. The average molecular weight is 416 g/mol. The minimum absolute atomic E-state index is 0.0340. The minimum atomic E-state index is -4.60. The third-order valence-electron chi connectivity index (χ3n) is 4.49. The van der Waals surface area contributed by atoms with E-state index in [1.54, 1.807) is 18.2 Å². The number of benzene rings is 2. The molecule has 1 aliphatic heterocycles. The molecule has 0 aliphatic carbocycles. The van der Waals surface area contributed by atoms with Gasteiger partial charge < -0.3 is 10.2 Å². The summed E-state index contributed by atoms with van der Waals surface area (Å²) in [5, 5.41) is 2.05. The lowest BCUT2D eigenvalue weighted by Gasteiger charge is -2.35. The molecule has 4 nitrogen and oxygen atoms in total. The maximum atomic E-state index is 13.9. The Bertz CT molecular complexity index is 851. The smallest absolute Gasteiger partial charge is 0.367 e. The van der Waals surface area contributed by atoms with Crippen LogP contribution in [0.5, 0.6) is 0 Å². The monoisotopic (exact) mass is 415 g/mol. The van der Waals surface area contributed by atoms with Crippen molar-refractivity contribution in [3.05, 3.63) is 58.9 Å². The number of nitrogens with one attached hydrogen (secondary N) is 1. The average Bonchev–Trinajstić information content (AvgIpc) is 2.63. The second-order valence-electron chi connectivity index (χ2n) is 6.46. The molecule has 0 spiro atoms. The Hall–Kier alpha value is -2.32. The number of nitrogens with zero attached hydrogens (tertiary/aromatic N) is 2. The predicted molar refractivity (Wildman–Crippen MR) is 100 cm³/mol. The number of halogens is 5. The van der Waals surface area contributed by atoms with Gasteiger partial charge in [0.05, 0.1) is 22.8 Å². The Labute approximate surface area is 164 Å². The van der Waals surface area contributed by atoms with Crippen LogP contribution >= 0.6 is 11.6 Å². The molecule has 0 saturated carbocycles. The number of alkyl halides is 3. The molecule has 0 bridgehead atoms. The van der Waals surface area contributed by atoms with Crippen molar-refractivity contribution in [1.82, 2.24) is 4.90 Å². The fraction of sp³-hybridized carbons (Fsp3) is 0.316. The molecule has 1 N–H and O–H groups in total. The number of hydrogen-bond acceptors (Lipinski definition) is 3. The first-order valence-electron chi connectivity index (χ1n) is 8.62. The van der Waals surface area contributed by atoms with E-state index in [0.717, 1.165) is 12.1 Å². The van der Waals surface area contributed by atoms with E-state index < -0.39 is 22.7 Å². The molecule has 0 aromatic heterocycles. The normalized spacial score (nSPS) is 15.5. The second-order valence-corrected chi connectivity index (χ2v) is 6.86. The maximum Gasteiger partial charge on any atom is 0.417 e. The number of hydrogen-bond donors (Lipinski definition) is 1. The predicted octanol–water partition coefficient (Wildman–Crippen LogP) is 4.26. The van der Waals surface area contributed by atoms with Crippen LogP contribution < -0.4 is 10.2 Å². The highest BCUT2D eigenvalue weighted by molar-refractivity contribution is 6.31. The van der Waals surface area contributed by atoms with Gasteiger partial charge in [-0.15, -0.1) is 0 Å². The molecule has 1 heterocycles. The molecule has 1 amide bonds. The highest BCUT2D eigenvalue weighted by Crippen LogP contribution is 2.36. The molecule has 3 rings (SSSR count). The van der Waals surface area contributed by atoms with Gasteiger partial charge in [0.1, 0.15) is 5.82 Å². The molecule has 28 heavy (non-hydrogen) atoms. The van der Waals surface area contributed by atoms with E-state index in [4.69, 9.17) is 11.6 Å². The lowest BCUT2D eigenvalue weighted by atomic mass is 10.2. The van der Waals surface area contributed by atoms with Crippen LogP contribution in [0.15, 0.2) is 42.5 Å². The van der Waals surface area contributed by atoms with Crippen LogP contribution in [-0.4, -0.2) is 43.5 Å². The van der Waals surface area contributed by atoms with Crippen molar-refractivity contribution in [2.45, 2.75) is 6.18 Å². The van der Waals surface area contributed by atoms with Crippen molar-refractivity contribution in [2.24, 2.45) is 0 Å². The standard InChI is InChI=1S/C19H18ClF4N3O/c20-15-6-5-13(11-14(15)19(22,23)24)25-18(28)12-26-7-9-27(10-8-26)17-4-2-1-3-16(17)21/h1-6,11H,7-10,12H2,(H,25,28). The number of carbonyl (C=O) groups is 1. The minimum Gasteiger partial charge on any atom is -0.367 e. The van der Waals surface area contributed by atoms with Crippen LogP contribution in [0.2, 0.25) is 5.02 Å². The van der Waals surface area contributed by atoms with E-state index in [9.17, 15) is 22.4 Å². The van der Waals surface area contributed by atoms with E-state index >= 15 is 0 Å². The van der Waals surface area contributed by atoms with Crippen LogP contribution in [-0.2, 0) is 11.0 Å². The molecule has 2 aromatic rings. The number of amides is 1. The van der Waals surface area contributed by atoms with Gasteiger partial charge in [-0.1, -0.05) is 23.7 Å².